The zero-order valence-corrected chi connectivity index (χ0v) is 11.7. The number of nitrogens with one attached hydrogen (secondary N) is 1. The molecule has 0 unspecified atom stereocenters. The first-order valence-electron chi connectivity index (χ1n) is 5.53. The zero-order valence-electron chi connectivity index (χ0n) is 10.1. The third kappa shape index (κ3) is 6.93. The Morgan fingerprint density at radius 3 is 2.79 bits per heavy atom. The Labute approximate surface area is 120 Å². The Bertz CT molecular complexity index is 441. The normalized spacial score (nSPS) is 9.95. The summed E-state index contributed by atoms with van der Waals surface area (Å²) >= 11 is 7.11. The molecule has 5 nitrogen and oxygen atoms in total. The Morgan fingerprint density at radius 1 is 1.37 bits per heavy atom. The Balaban J connectivity index is 2.15. The van der Waals surface area contributed by atoms with Crippen LogP contribution in [0.1, 0.15) is 0 Å². The SMILES string of the molecule is O=C(O)CSCCNC(=O)COc1ccccc1Cl. The van der Waals surface area contributed by atoms with E-state index in [1.807, 2.05) is 0 Å². The average molecular weight is 304 g/mol. The van der Waals surface area contributed by atoms with Crippen molar-refractivity contribution >= 4 is 35.2 Å². The third-order valence-corrected chi connectivity index (χ3v) is 3.25. The fourth-order valence-corrected chi connectivity index (χ4v) is 1.93. The molecule has 1 amide bonds. The fourth-order valence-electron chi connectivity index (χ4n) is 1.18. The molecule has 0 aliphatic carbocycles. The van der Waals surface area contributed by atoms with Gasteiger partial charge < -0.3 is 15.2 Å². The highest BCUT2D eigenvalue weighted by Crippen LogP contribution is 2.22. The van der Waals surface area contributed by atoms with Crippen LogP contribution in [0.3, 0.4) is 0 Å². The predicted octanol–water partition coefficient (Wildman–Crippen LogP) is 1.65. The van der Waals surface area contributed by atoms with Gasteiger partial charge in [0.05, 0.1) is 10.8 Å². The molecule has 19 heavy (non-hydrogen) atoms. The Hall–Kier alpha value is -1.40. The van der Waals surface area contributed by atoms with E-state index >= 15 is 0 Å². The number of carboxylic acids is 1. The lowest BCUT2D eigenvalue weighted by Crippen LogP contribution is -2.30. The van der Waals surface area contributed by atoms with E-state index in [0.717, 1.165) is 0 Å². The summed E-state index contributed by atoms with van der Waals surface area (Å²) in [5, 5.41) is 11.5. The summed E-state index contributed by atoms with van der Waals surface area (Å²) in [5.41, 5.74) is 0. The summed E-state index contributed by atoms with van der Waals surface area (Å²) in [6.45, 7) is 0.288. The minimum Gasteiger partial charge on any atom is -0.482 e. The summed E-state index contributed by atoms with van der Waals surface area (Å²) in [4.78, 5) is 21.7. The van der Waals surface area contributed by atoms with Crippen molar-refractivity contribution in [3.8, 4) is 5.75 Å². The molecular weight excluding hydrogens is 290 g/mol. The summed E-state index contributed by atoms with van der Waals surface area (Å²) in [6, 6.07) is 6.90. The van der Waals surface area contributed by atoms with Crippen LogP contribution < -0.4 is 10.1 Å². The van der Waals surface area contributed by atoms with E-state index in [4.69, 9.17) is 21.4 Å². The summed E-state index contributed by atoms with van der Waals surface area (Å²) in [6.07, 6.45) is 0. The van der Waals surface area contributed by atoms with Gasteiger partial charge in [-0.25, -0.2) is 0 Å². The van der Waals surface area contributed by atoms with Gasteiger partial charge in [0, 0.05) is 12.3 Å². The molecule has 104 valence electrons. The molecule has 0 radical (unpaired) electrons. The standard InChI is InChI=1S/C12H14ClNO4S/c13-9-3-1-2-4-10(9)18-7-11(15)14-5-6-19-8-12(16)17/h1-4H,5-8H2,(H,14,15)(H,16,17). The molecule has 0 saturated carbocycles. The predicted molar refractivity (Wildman–Crippen MR) is 74.9 cm³/mol. The molecule has 0 saturated heterocycles. The number of hydrogen-bond acceptors (Lipinski definition) is 4. The van der Waals surface area contributed by atoms with E-state index in [1.165, 1.54) is 11.8 Å². The van der Waals surface area contributed by atoms with Crippen molar-refractivity contribution in [2.75, 3.05) is 24.7 Å². The Kier molecular flexibility index (Phi) is 7.14. The topological polar surface area (TPSA) is 75.6 Å². The number of thioether (sulfide) groups is 1. The molecule has 0 spiro atoms. The van der Waals surface area contributed by atoms with Crippen LogP contribution in [-0.2, 0) is 9.59 Å². The van der Waals surface area contributed by atoms with Gasteiger partial charge in [0.2, 0.25) is 0 Å². The first kappa shape index (κ1) is 15.7. The molecule has 0 atom stereocenters. The van der Waals surface area contributed by atoms with E-state index < -0.39 is 5.97 Å². The molecule has 0 aliphatic heterocycles. The van der Waals surface area contributed by atoms with Gasteiger partial charge in [-0.1, -0.05) is 23.7 Å². The second-order valence-electron chi connectivity index (χ2n) is 3.52. The maximum absolute atomic E-state index is 11.4. The van der Waals surface area contributed by atoms with E-state index in [-0.39, 0.29) is 18.3 Å². The highest BCUT2D eigenvalue weighted by molar-refractivity contribution is 7.99. The second-order valence-corrected chi connectivity index (χ2v) is 5.03. The molecule has 0 heterocycles. The van der Waals surface area contributed by atoms with Gasteiger partial charge in [0.25, 0.3) is 5.91 Å². The van der Waals surface area contributed by atoms with E-state index in [0.29, 0.717) is 23.1 Å². The van der Waals surface area contributed by atoms with Crippen LogP contribution in [-0.4, -0.2) is 41.6 Å². The minimum absolute atomic E-state index is 0.0337. The maximum atomic E-state index is 11.4. The van der Waals surface area contributed by atoms with Crippen LogP contribution in [0.2, 0.25) is 5.02 Å². The first-order valence-corrected chi connectivity index (χ1v) is 7.06. The smallest absolute Gasteiger partial charge is 0.313 e. The van der Waals surface area contributed by atoms with Crippen molar-refractivity contribution in [3.05, 3.63) is 29.3 Å². The molecule has 1 rings (SSSR count). The summed E-state index contributed by atoms with van der Waals surface area (Å²) in [5.74, 6) is -0.0929. The van der Waals surface area contributed by atoms with Crippen LogP contribution in [0.5, 0.6) is 5.75 Å². The number of aliphatic carboxylic acids is 1. The number of ether oxygens (including phenoxy) is 1. The highest BCUT2D eigenvalue weighted by Gasteiger charge is 2.05. The van der Waals surface area contributed by atoms with Crippen molar-refractivity contribution in [3.63, 3.8) is 0 Å². The van der Waals surface area contributed by atoms with Crippen molar-refractivity contribution in [2.24, 2.45) is 0 Å². The number of para-hydroxylation sites is 1. The lowest BCUT2D eigenvalue weighted by molar-refractivity contribution is -0.133. The van der Waals surface area contributed by atoms with Crippen LogP contribution in [0.15, 0.2) is 24.3 Å². The van der Waals surface area contributed by atoms with Gasteiger partial charge in [-0.05, 0) is 12.1 Å². The average Bonchev–Trinajstić information content (AvgIpc) is 2.37. The van der Waals surface area contributed by atoms with Crippen molar-refractivity contribution in [1.29, 1.82) is 0 Å². The van der Waals surface area contributed by atoms with Gasteiger partial charge in [-0.3, -0.25) is 9.59 Å². The summed E-state index contributed by atoms with van der Waals surface area (Å²) < 4.78 is 5.25. The van der Waals surface area contributed by atoms with E-state index in [2.05, 4.69) is 5.32 Å². The molecule has 0 aliphatic rings. The van der Waals surface area contributed by atoms with Gasteiger partial charge in [-0.15, -0.1) is 11.8 Å². The lowest BCUT2D eigenvalue weighted by Gasteiger charge is -2.08. The van der Waals surface area contributed by atoms with E-state index in [9.17, 15) is 9.59 Å². The third-order valence-electron chi connectivity index (χ3n) is 1.99. The molecule has 2 N–H and O–H groups in total. The van der Waals surface area contributed by atoms with Crippen LogP contribution >= 0.6 is 23.4 Å². The van der Waals surface area contributed by atoms with Gasteiger partial charge in [0.15, 0.2) is 6.61 Å². The quantitative estimate of drug-likeness (QED) is 0.714. The number of carboxylic acid groups (broad SMARTS) is 1. The number of carbonyl (C=O) groups excluding carboxylic acids is 1. The molecule has 1 aromatic carbocycles. The molecule has 1 aromatic rings. The number of amides is 1. The van der Waals surface area contributed by atoms with Crippen molar-refractivity contribution in [2.45, 2.75) is 0 Å². The Morgan fingerprint density at radius 2 is 2.11 bits per heavy atom. The number of benzene rings is 1. The second kappa shape index (κ2) is 8.66. The molecule has 0 aromatic heterocycles. The largest absolute Gasteiger partial charge is 0.482 e. The zero-order chi connectivity index (χ0) is 14.1. The number of hydrogen-bond donors (Lipinski definition) is 2. The minimum atomic E-state index is -0.863. The monoisotopic (exact) mass is 303 g/mol. The van der Waals surface area contributed by atoms with Crippen LogP contribution in [0.4, 0.5) is 0 Å². The maximum Gasteiger partial charge on any atom is 0.313 e. The van der Waals surface area contributed by atoms with Gasteiger partial charge >= 0.3 is 5.97 Å². The molecule has 7 heteroatoms. The molecule has 0 fully saturated rings. The van der Waals surface area contributed by atoms with E-state index in [1.54, 1.807) is 24.3 Å². The fraction of sp³-hybridized carbons (Fsp3) is 0.333. The van der Waals surface area contributed by atoms with Crippen LogP contribution in [0, 0.1) is 0 Å². The molecular formula is C12H14ClNO4S. The molecule has 0 bridgehead atoms. The summed E-state index contributed by atoms with van der Waals surface area (Å²) in [7, 11) is 0. The van der Waals surface area contributed by atoms with Crippen molar-refractivity contribution < 1.29 is 19.4 Å². The number of carbonyl (C=O) groups is 2. The van der Waals surface area contributed by atoms with Gasteiger partial charge in [-0.2, -0.15) is 0 Å². The van der Waals surface area contributed by atoms with Crippen LogP contribution in [0.25, 0.3) is 0 Å². The van der Waals surface area contributed by atoms with Gasteiger partial charge in [0.1, 0.15) is 5.75 Å². The van der Waals surface area contributed by atoms with Crippen molar-refractivity contribution in [1.82, 2.24) is 5.32 Å². The lowest BCUT2D eigenvalue weighted by atomic mass is 10.3. The first-order chi connectivity index (χ1) is 9.09. The highest BCUT2D eigenvalue weighted by atomic mass is 35.5. The number of halogens is 1. The number of rotatable bonds is 8.